The molecular weight excluding hydrogens is 308 g/mol. The molecule has 1 fully saturated rings. The van der Waals surface area contributed by atoms with E-state index >= 15 is 0 Å². The molecule has 1 aromatic rings. The maximum Gasteiger partial charge on any atom is 0.309 e. The Balaban J connectivity index is 1.81. The number of para-hydroxylation sites is 2. The third kappa shape index (κ3) is 5.23. The molecule has 0 radical (unpaired) electrons. The normalized spacial score (nSPS) is 20.2. The predicted molar refractivity (Wildman–Crippen MR) is 91.2 cm³/mol. The molecule has 0 spiro atoms. The number of likely N-dealkylation sites (tertiary alicyclic amines) is 1. The van der Waals surface area contributed by atoms with Crippen LogP contribution in [0.25, 0.3) is 0 Å². The lowest BCUT2D eigenvalue weighted by atomic mass is 9.97. The van der Waals surface area contributed by atoms with Crippen LogP contribution < -0.4 is 15.0 Å². The number of anilines is 1. The van der Waals surface area contributed by atoms with Crippen molar-refractivity contribution in [1.29, 1.82) is 0 Å². The third-order valence-electron chi connectivity index (χ3n) is 4.18. The van der Waals surface area contributed by atoms with Crippen molar-refractivity contribution in [3.63, 3.8) is 0 Å². The second kappa shape index (κ2) is 9.27. The standard InChI is InChI=1S/C18H26N2O4/c1-3-23-16-8-6-5-7-15(16)19-17(21)13-20-11-9-14(10-12-20)18(22)24-4-2/h5-8,14H,3-4,9-13H2,1-2H3,(H,19,21)/p+1. The number of hydrogen-bond acceptors (Lipinski definition) is 4. The monoisotopic (exact) mass is 335 g/mol. The highest BCUT2D eigenvalue weighted by Crippen LogP contribution is 2.23. The predicted octanol–water partition coefficient (Wildman–Crippen LogP) is 0.882. The molecule has 0 saturated carbocycles. The number of quaternary nitrogens is 1. The van der Waals surface area contributed by atoms with Crippen LogP contribution in [0.1, 0.15) is 26.7 Å². The number of rotatable bonds is 7. The fourth-order valence-electron chi connectivity index (χ4n) is 2.97. The van der Waals surface area contributed by atoms with E-state index in [1.165, 1.54) is 4.90 Å². The van der Waals surface area contributed by atoms with Crippen LogP contribution in [0.3, 0.4) is 0 Å². The van der Waals surface area contributed by atoms with Crippen molar-refractivity contribution in [3.8, 4) is 5.75 Å². The number of ether oxygens (including phenoxy) is 2. The fraction of sp³-hybridized carbons (Fsp3) is 0.556. The average Bonchev–Trinajstić information content (AvgIpc) is 2.58. The quantitative estimate of drug-likeness (QED) is 0.726. The minimum Gasteiger partial charge on any atom is -0.492 e. The lowest BCUT2D eigenvalue weighted by Crippen LogP contribution is -3.14. The molecule has 2 N–H and O–H groups in total. The van der Waals surface area contributed by atoms with Crippen LogP contribution in [0.4, 0.5) is 5.69 Å². The summed E-state index contributed by atoms with van der Waals surface area (Å²) >= 11 is 0. The average molecular weight is 335 g/mol. The molecule has 1 saturated heterocycles. The van der Waals surface area contributed by atoms with Gasteiger partial charge in [0.15, 0.2) is 6.54 Å². The molecule has 0 atom stereocenters. The highest BCUT2D eigenvalue weighted by molar-refractivity contribution is 5.92. The summed E-state index contributed by atoms with van der Waals surface area (Å²) < 4.78 is 10.6. The Morgan fingerprint density at radius 2 is 1.88 bits per heavy atom. The summed E-state index contributed by atoms with van der Waals surface area (Å²) in [7, 11) is 0. The Labute approximate surface area is 143 Å². The molecule has 1 amide bonds. The molecule has 6 nitrogen and oxygen atoms in total. The van der Waals surface area contributed by atoms with E-state index in [-0.39, 0.29) is 17.8 Å². The van der Waals surface area contributed by atoms with Crippen LogP contribution >= 0.6 is 0 Å². The second-order valence-electron chi connectivity index (χ2n) is 5.93. The number of carbonyl (C=O) groups excluding carboxylic acids is 2. The number of nitrogens with one attached hydrogen (secondary N) is 2. The summed E-state index contributed by atoms with van der Waals surface area (Å²) in [4.78, 5) is 25.2. The highest BCUT2D eigenvalue weighted by Gasteiger charge is 2.29. The van der Waals surface area contributed by atoms with Gasteiger partial charge in [-0.05, 0) is 26.0 Å². The molecule has 0 aromatic heterocycles. The van der Waals surface area contributed by atoms with E-state index in [2.05, 4.69) is 5.32 Å². The SMILES string of the molecule is CCOC(=O)C1CC[NH+](CC(=O)Nc2ccccc2OCC)CC1. The number of carbonyl (C=O) groups is 2. The lowest BCUT2D eigenvalue weighted by molar-refractivity contribution is -0.897. The van der Waals surface area contributed by atoms with Crippen LogP contribution in [0, 0.1) is 5.92 Å². The number of esters is 1. The number of hydrogen-bond donors (Lipinski definition) is 2. The van der Waals surface area contributed by atoms with Gasteiger partial charge in [0.25, 0.3) is 5.91 Å². The van der Waals surface area contributed by atoms with Gasteiger partial charge in [0.2, 0.25) is 0 Å². The van der Waals surface area contributed by atoms with Crippen LogP contribution in [0.15, 0.2) is 24.3 Å². The Morgan fingerprint density at radius 1 is 1.17 bits per heavy atom. The maximum atomic E-state index is 12.3. The minimum absolute atomic E-state index is 0.0181. The van der Waals surface area contributed by atoms with Gasteiger partial charge in [-0.1, -0.05) is 12.1 Å². The molecule has 0 unspecified atom stereocenters. The zero-order chi connectivity index (χ0) is 17.4. The van der Waals surface area contributed by atoms with Crippen LogP contribution in [-0.2, 0) is 14.3 Å². The lowest BCUT2D eigenvalue weighted by Gasteiger charge is -2.27. The maximum absolute atomic E-state index is 12.3. The molecule has 24 heavy (non-hydrogen) atoms. The van der Waals surface area contributed by atoms with E-state index < -0.39 is 0 Å². The summed E-state index contributed by atoms with van der Waals surface area (Å²) in [6.07, 6.45) is 1.55. The van der Waals surface area contributed by atoms with Crippen LogP contribution in [-0.4, -0.2) is 44.7 Å². The molecule has 0 aliphatic carbocycles. The first-order valence-electron chi connectivity index (χ1n) is 8.65. The Morgan fingerprint density at radius 3 is 2.54 bits per heavy atom. The van der Waals surface area contributed by atoms with Gasteiger partial charge in [0.1, 0.15) is 5.75 Å². The summed E-state index contributed by atoms with van der Waals surface area (Å²) in [6, 6.07) is 7.43. The van der Waals surface area contributed by atoms with Crippen molar-refractivity contribution in [3.05, 3.63) is 24.3 Å². The van der Waals surface area contributed by atoms with Crippen molar-refractivity contribution < 1.29 is 24.0 Å². The number of piperidine rings is 1. The number of amides is 1. The van der Waals surface area contributed by atoms with Gasteiger partial charge in [0, 0.05) is 12.8 Å². The summed E-state index contributed by atoms with van der Waals surface area (Å²) in [6.45, 7) is 6.73. The van der Waals surface area contributed by atoms with Gasteiger partial charge in [0.05, 0.1) is 37.9 Å². The Hall–Kier alpha value is -2.08. The summed E-state index contributed by atoms with van der Waals surface area (Å²) in [5.41, 5.74) is 0.699. The summed E-state index contributed by atoms with van der Waals surface area (Å²) in [5.74, 6) is 0.526. The van der Waals surface area contributed by atoms with E-state index in [4.69, 9.17) is 9.47 Å². The largest absolute Gasteiger partial charge is 0.492 e. The topological polar surface area (TPSA) is 69.1 Å². The van der Waals surface area contributed by atoms with Gasteiger partial charge in [-0.25, -0.2) is 0 Å². The van der Waals surface area contributed by atoms with E-state index in [0.717, 1.165) is 25.9 Å². The van der Waals surface area contributed by atoms with Gasteiger partial charge in [-0.2, -0.15) is 0 Å². The Bertz CT molecular complexity index is 554. The third-order valence-corrected chi connectivity index (χ3v) is 4.18. The van der Waals surface area contributed by atoms with Crippen molar-refractivity contribution in [2.24, 2.45) is 5.92 Å². The molecule has 1 aliphatic rings. The van der Waals surface area contributed by atoms with Gasteiger partial charge < -0.3 is 19.7 Å². The van der Waals surface area contributed by atoms with Crippen LogP contribution in [0.2, 0.25) is 0 Å². The first-order valence-corrected chi connectivity index (χ1v) is 8.65. The molecule has 2 rings (SSSR count). The zero-order valence-corrected chi connectivity index (χ0v) is 14.5. The van der Waals surface area contributed by atoms with Crippen molar-refractivity contribution in [2.45, 2.75) is 26.7 Å². The van der Waals surface area contributed by atoms with E-state index in [0.29, 0.717) is 31.2 Å². The first kappa shape index (κ1) is 18.3. The molecule has 6 heteroatoms. The molecule has 1 aliphatic heterocycles. The first-order chi connectivity index (χ1) is 11.6. The fourth-order valence-corrected chi connectivity index (χ4v) is 2.97. The van der Waals surface area contributed by atoms with Crippen molar-refractivity contribution >= 4 is 17.6 Å². The summed E-state index contributed by atoms with van der Waals surface area (Å²) in [5, 5.41) is 2.92. The van der Waals surface area contributed by atoms with Gasteiger partial charge >= 0.3 is 5.97 Å². The molecule has 1 aromatic carbocycles. The second-order valence-corrected chi connectivity index (χ2v) is 5.93. The van der Waals surface area contributed by atoms with Crippen molar-refractivity contribution in [2.75, 3.05) is 38.2 Å². The molecule has 1 heterocycles. The smallest absolute Gasteiger partial charge is 0.309 e. The molecule has 132 valence electrons. The molecule has 0 bridgehead atoms. The van der Waals surface area contributed by atoms with Crippen LogP contribution in [0.5, 0.6) is 5.75 Å². The van der Waals surface area contributed by atoms with E-state index in [9.17, 15) is 9.59 Å². The molecular formula is C18H27N2O4+. The number of benzene rings is 1. The zero-order valence-electron chi connectivity index (χ0n) is 14.5. The van der Waals surface area contributed by atoms with E-state index in [1.807, 2.05) is 38.1 Å². The van der Waals surface area contributed by atoms with Gasteiger partial charge in [-0.15, -0.1) is 0 Å². The van der Waals surface area contributed by atoms with E-state index in [1.54, 1.807) is 0 Å². The minimum atomic E-state index is -0.105. The van der Waals surface area contributed by atoms with Crippen molar-refractivity contribution in [1.82, 2.24) is 0 Å². The van der Waals surface area contributed by atoms with Gasteiger partial charge in [-0.3, -0.25) is 9.59 Å². The highest BCUT2D eigenvalue weighted by atomic mass is 16.5. The Kier molecular flexibility index (Phi) is 7.06.